The summed E-state index contributed by atoms with van der Waals surface area (Å²) in [5, 5.41) is 0. The first-order chi connectivity index (χ1) is 10.7. The minimum Gasteiger partial charge on any atom is -0.445 e. The van der Waals surface area contributed by atoms with Crippen LogP contribution in [0.5, 0.6) is 5.88 Å². The molecule has 23 heavy (non-hydrogen) atoms. The number of fused-ring (bicyclic) bond motifs is 1. The zero-order chi connectivity index (χ0) is 16.8. The van der Waals surface area contributed by atoms with Crippen molar-refractivity contribution >= 4 is 5.78 Å². The maximum absolute atomic E-state index is 13.9. The Labute approximate surface area is 131 Å². The van der Waals surface area contributed by atoms with E-state index in [2.05, 4.69) is 4.98 Å². The smallest absolute Gasteiger partial charge is 0.443 e. The van der Waals surface area contributed by atoms with Gasteiger partial charge in [-0.2, -0.15) is 13.2 Å². The van der Waals surface area contributed by atoms with E-state index in [0.29, 0.717) is 11.3 Å². The summed E-state index contributed by atoms with van der Waals surface area (Å²) in [5.41, 5.74) is -1.44. The van der Waals surface area contributed by atoms with Crippen molar-refractivity contribution in [1.82, 2.24) is 9.88 Å². The molecule has 2 aliphatic heterocycles. The number of ether oxygens (including phenoxy) is 2. The fourth-order valence-electron chi connectivity index (χ4n) is 3.16. The summed E-state index contributed by atoms with van der Waals surface area (Å²) in [5.74, 6) is -0.831. The van der Waals surface area contributed by atoms with E-state index in [1.807, 2.05) is 0 Å². The number of carbonyl (C=O) groups excluding carboxylic acids is 1. The van der Waals surface area contributed by atoms with E-state index in [9.17, 15) is 18.0 Å². The van der Waals surface area contributed by atoms with Crippen LogP contribution >= 0.6 is 0 Å². The summed E-state index contributed by atoms with van der Waals surface area (Å²) < 4.78 is 52.1. The molecule has 0 spiro atoms. The summed E-state index contributed by atoms with van der Waals surface area (Å²) in [4.78, 5) is 17.6. The van der Waals surface area contributed by atoms with Gasteiger partial charge in [0.25, 0.3) is 5.72 Å². The van der Waals surface area contributed by atoms with Gasteiger partial charge in [0.15, 0.2) is 5.78 Å². The topological polar surface area (TPSA) is 51.7 Å². The van der Waals surface area contributed by atoms with Crippen LogP contribution in [0.15, 0.2) is 6.07 Å². The fourth-order valence-corrected chi connectivity index (χ4v) is 3.16. The van der Waals surface area contributed by atoms with Crippen molar-refractivity contribution in [1.29, 1.82) is 0 Å². The van der Waals surface area contributed by atoms with Gasteiger partial charge < -0.3 is 9.47 Å². The Morgan fingerprint density at radius 2 is 1.91 bits per heavy atom. The summed E-state index contributed by atoms with van der Waals surface area (Å²) >= 11 is 0. The summed E-state index contributed by atoms with van der Waals surface area (Å²) in [6.45, 7) is 3.76. The Morgan fingerprint density at radius 1 is 1.26 bits per heavy atom. The van der Waals surface area contributed by atoms with Gasteiger partial charge in [0.05, 0.1) is 25.2 Å². The van der Waals surface area contributed by atoms with Crippen LogP contribution in [0.1, 0.15) is 28.0 Å². The number of carbonyl (C=O) groups is 1. The third-order valence-corrected chi connectivity index (χ3v) is 4.22. The van der Waals surface area contributed by atoms with E-state index in [1.165, 1.54) is 0 Å². The molecule has 0 radical (unpaired) electrons. The van der Waals surface area contributed by atoms with Gasteiger partial charge >= 0.3 is 6.18 Å². The van der Waals surface area contributed by atoms with Gasteiger partial charge in [-0.05, 0) is 25.5 Å². The van der Waals surface area contributed by atoms with E-state index < -0.39 is 24.1 Å². The maximum atomic E-state index is 13.9. The van der Waals surface area contributed by atoms with Crippen LogP contribution in [0.3, 0.4) is 0 Å². The highest BCUT2D eigenvalue weighted by Crippen LogP contribution is 2.45. The van der Waals surface area contributed by atoms with Crippen LogP contribution in [0.4, 0.5) is 13.2 Å². The lowest BCUT2D eigenvalue weighted by molar-refractivity contribution is -0.310. The van der Waals surface area contributed by atoms with Crippen LogP contribution in [0, 0.1) is 13.8 Å². The number of aryl methyl sites for hydroxylation is 2. The average Bonchev–Trinajstić information content (AvgIpc) is 2.45. The predicted octanol–water partition coefficient (Wildman–Crippen LogP) is 2.25. The number of pyridine rings is 1. The number of alkyl halides is 3. The average molecular weight is 330 g/mol. The second-order valence-electron chi connectivity index (χ2n) is 5.84. The number of hydrogen-bond donors (Lipinski definition) is 0. The number of Topliss-reactive ketones (excluding diaryl/α,β-unsaturated/α-hetero) is 1. The predicted molar refractivity (Wildman–Crippen MR) is 74.5 cm³/mol. The third kappa shape index (κ3) is 2.59. The van der Waals surface area contributed by atoms with Gasteiger partial charge in [-0.15, -0.1) is 0 Å². The Hall–Kier alpha value is -1.67. The molecule has 1 fully saturated rings. The van der Waals surface area contributed by atoms with Gasteiger partial charge in [-0.25, -0.2) is 4.98 Å². The monoisotopic (exact) mass is 330 g/mol. The first-order valence-electron chi connectivity index (χ1n) is 7.34. The lowest BCUT2D eigenvalue weighted by Gasteiger charge is -2.47. The van der Waals surface area contributed by atoms with Gasteiger partial charge in [0, 0.05) is 18.8 Å². The largest absolute Gasteiger partial charge is 0.445 e. The van der Waals surface area contributed by atoms with Crippen molar-refractivity contribution in [2.45, 2.75) is 32.2 Å². The Kier molecular flexibility index (Phi) is 3.84. The van der Waals surface area contributed by atoms with Crippen molar-refractivity contribution in [3.05, 3.63) is 22.9 Å². The summed E-state index contributed by atoms with van der Waals surface area (Å²) in [6, 6.07) is 1.66. The highest BCUT2D eigenvalue weighted by molar-refractivity contribution is 6.01. The first kappa shape index (κ1) is 16.2. The Balaban J connectivity index is 2.10. The molecule has 0 aliphatic carbocycles. The molecule has 126 valence electrons. The molecular weight excluding hydrogens is 313 g/mol. The van der Waals surface area contributed by atoms with Crippen LogP contribution in [0.2, 0.25) is 0 Å². The van der Waals surface area contributed by atoms with Crippen molar-refractivity contribution in [2.75, 3.05) is 26.3 Å². The molecular formula is C15H17F3N2O3. The quantitative estimate of drug-likeness (QED) is 0.790. The molecule has 0 saturated carbocycles. The molecule has 1 atom stereocenters. The van der Waals surface area contributed by atoms with Gasteiger partial charge in [-0.3, -0.25) is 9.69 Å². The van der Waals surface area contributed by atoms with E-state index in [-0.39, 0.29) is 37.7 Å². The fraction of sp³-hybridized carbons (Fsp3) is 0.600. The molecule has 2 aliphatic rings. The zero-order valence-electron chi connectivity index (χ0n) is 12.9. The molecule has 0 unspecified atom stereocenters. The molecule has 0 aromatic carbocycles. The van der Waals surface area contributed by atoms with E-state index in [4.69, 9.17) is 9.47 Å². The van der Waals surface area contributed by atoms with E-state index >= 15 is 0 Å². The minimum absolute atomic E-state index is 0.0485. The van der Waals surface area contributed by atoms with Gasteiger partial charge in [0.2, 0.25) is 5.88 Å². The SMILES string of the molecule is Cc1cc(C)c2c(n1)O[C@@](N1CCOCC1)(C(F)(F)F)CC2=O. The number of aromatic nitrogens is 1. The summed E-state index contributed by atoms with van der Waals surface area (Å²) in [6.07, 6.45) is -5.49. The minimum atomic E-state index is -4.73. The number of hydrogen-bond acceptors (Lipinski definition) is 5. The van der Waals surface area contributed by atoms with Crippen molar-refractivity contribution in [2.24, 2.45) is 0 Å². The molecule has 8 heteroatoms. The molecule has 0 amide bonds. The highest BCUT2D eigenvalue weighted by atomic mass is 19.4. The molecule has 1 aromatic heterocycles. The molecule has 0 bridgehead atoms. The van der Waals surface area contributed by atoms with Crippen molar-refractivity contribution < 1.29 is 27.4 Å². The van der Waals surface area contributed by atoms with Crippen LogP contribution in [-0.4, -0.2) is 53.9 Å². The summed E-state index contributed by atoms with van der Waals surface area (Å²) in [7, 11) is 0. The highest BCUT2D eigenvalue weighted by Gasteiger charge is 2.64. The molecule has 3 heterocycles. The Bertz CT molecular complexity index is 642. The maximum Gasteiger partial charge on any atom is 0.443 e. The number of ketones is 1. The molecule has 1 aromatic rings. The number of morpholine rings is 1. The zero-order valence-corrected chi connectivity index (χ0v) is 12.9. The normalized spacial score (nSPS) is 25.9. The van der Waals surface area contributed by atoms with Gasteiger partial charge in [-0.1, -0.05) is 0 Å². The lowest BCUT2D eigenvalue weighted by Crippen LogP contribution is -2.67. The lowest BCUT2D eigenvalue weighted by atomic mass is 9.93. The molecule has 0 N–H and O–H groups in total. The number of rotatable bonds is 1. The van der Waals surface area contributed by atoms with Crippen LogP contribution in [0.25, 0.3) is 0 Å². The molecule has 1 saturated heterocycles. The van der Waals surface area contributed by atoms with Gasteiger partial charge in [0.1, 0.15) is 0 Å². The third-order valence-electron chi connectivity index (χ3n) is 4.22. The first-order valence-corrected chi connectivity index (χ1v) is 7.34. The van der Waals surface area contributed by atoms with Crippen molar-refractivity contribution in [3.8, 4) is 5.88 Å². The van der Waals surface area contributed by atoms with Crippen LogP contribution < -0.4 is 4.74 Å². The molecule has 5 nitrogen and oxygen atoms in total. The molecule has 3 rings (SSSR count). The Morgan fingerprint density at radius 3 is 2.52 bits per heavy atom. The second-order valence-corrected chi connectivity index (χ2v) is 5.84. The second kappa shape index (κ2) is 5.45. The van der Waals surface area contributed by atoms with Crippen molar-refractivity contribution in [3.63, 3.8) is 0 Å². The van der Waals surface area contributed by atoms with E-state index in [1.54, 1.807) is 19.9 Å². The van der Waals surface area contributed by atoms with Crippen LogP contribution in [-0.2, 0) is 4.74 Å². The van der Waals surface area contributed by atoms with E-state index in [0.717, 1.165) is 4.90 Å². The standard InChI is InChI=1S/C15H17F3N2O3/c1-9-7-10(2)19-13-12(9)11(21)8-14(23-13,15(16,17)18)20-3-5-22-6-4-20/h7H,3-6,8H2,1-2H3/t14-/m1/s1. The number of halogens is 3. The number of nitrogens with zero attached hydrogens (tertiary/aromatic N) is 2.